The van der Waals surface area contributed by atoms with Gasteiger partial charge in [0.15, 0.2) is 0 Å². The summed E-state index contributed by atoms with van der Waals surface area (Å²) < 4.78 is 0. The van der Waals surface area contributed by atoms with Crippen molar-refractivity contribution in [1.82, 2.24) is 4.90 Å². The summed E-state index contributed by atoms with van der Waals surface area (Å²) in [5.74, 6) is -0.817. The number of likely N-dealkylation sites (N-methyl/N-ethyl adjacent to an activating group) is 1. The van der Waals surface area contributed by atoms with Crippen LogP contribution < -0.4 is 0 Å². The first-order valence-electron chi connectivity index (χ1n) is 6.14. The maximum absolute atomic E-state index is 11.5. The molecule has 1 atom stereocenters. The van der Waals surface area contributed by atoms with E-state index in [4.69, 9.17) is 0 Å². The fourth-order valence-electron chi connectivity index (χ4n) is 2.12. The molecule has 0 amide bonds. The van der Waals surface area contributed by atoms with Crippen molar-refractivity contribution in [2.45, 2.75) is 26.3 Å². The molecule has 1 N–H and O–H groups in total. The van der Waals surface area contributed by atoms with Crippen LogP contribution in [-0.4, -0.2) is 36.1 Å². The Morgan fingerprint density at radius 3 is 2.44 bits per heavy atom. The van der Waals surface area contributed by atoms with Gasteiger partial charge in [0.05, 0.1) is 0 Å². The zero-order chi connectivity index (χ0) is 13.7. The van der Waals surface area contributed by atoms with Crippen LogP contribution in [-0.2, 0) is 4.79 Å². The van der Waals surface area contributed by atoms with Crippen molar-refractivity contribution in [3.05, 3.63) is 41.5 Å². The molecule has 0 radical (unpaired) electrons. The van der Waals surface area contributed by atoms with E-state index < -0.39 is 12.0 Å². The molecule has 0 bridgehead atoms. The van der Waals surface area contributed by atoms with Crippen LogP contribution in [0.3, 0.4) is 0 Å². The molecule has 0 heterocycles. The molecule has 1 rings (SSSR count). The second-order valence-electron chi connectivity index (χ2n) is 4.59. The summed E-state index contributed by atoms with van der Waals surface area (Å²) in [6.45, 7) is 4.03. The van der Waals surface area contributed by atoms with Crippen molar-refractivity contribution in [3.8, 4) is 0 Å². The number of allylic oxidation sites excluding steroid dienone is 1. The predicted octanol–water partition coefficient (Wildman–Crippen LogP) is 2.80. The van der Waals surface area contributed by atoms with Crippen LogP contribution in [0.15, 0.2) is 30.3 Å². The Morgan fingerprint density at radius 1 is 1.39 bits per heavy atom. The van der Waals surface area contributed by atoms with E-state index in [9.17, 15) is 9.90 Å². The van der Waals surface area contributed by atoms with E-state index in [-0.39, 0.29) is 0 Å². The highest BCUT2D eigenvalue weighted by Gasteiger charge is 2.25. The van der Waals surface area contributed by atoms with Gasteiger partial charge < -0.3 is 5.11 Å². The standard InChI is InChI=1S/C15H21NO2/c1-5-8-13(14(15(17)18)16(3)4)12-10-7-6-9-11(12)2/h6-10,14H,5H2,1-4H3,(H,17,18)/b13-8+. The summed E-state index contributed by atoms with van der Waals surface area (Å²) in [4.78, 5) is 13.2. The molecule has 3 heteroatoms. The lowest BCUT2D eigenvalue weighted by atomic mass is 9.93. The fraction of sp³-hybridized carbons (Fsp3) is 0.400. The molecule has 0 fully saturated rings. The summed E-state index contributed by atoms with van der Waals surface area (Å²) in [7, 11) is 3.58. The smallest absolute Gasteiger partial charge is 0.325 e. The molecule has 0 aromatic heterocycles. The van der Waals surface area contributed by atoms with E-state index >= 15 is 0 Å². The number of benzene rings is 1. The summed E-state index contributed by atoms with van der Waals surface area (Å²) >= 11 is 0. The second kappa shape index (κ2) is 6.36. The monoisotopic (exact) mass is 247 g/mol. The SMILES string of the molecule is CC/C=C(\c1ccccc1C)C(C(=O)O)N(C)C. The van der Waals surface area contributed by atoms with Crippen molar-refractivity contribution in [2.24, 2.45) is 0 Å². The zero-order valence-corrected chi connectivity index (χ0v) is 11.5. The van der Waals surface area contributed by atoms with Crippen LogP contribution in [0.2, 0.25) is 0 Å². The van der Waals surface area contributed by atoms with Crippen molar-refractivity contribution in [2.75, 3.05) is 14.1 Å². The Morgan fingerprint density at radius 2 is 2.00 bits per heavy atom. The third kappa shape index (κ3) is 3.20. The third-order valence-electron chi connectivity index (χ3n) is 2.93. The molecule has 1 unspecified atom stereocenters. The van der Waals surface area contributed by atoms with Crippen LogP contribution >= 0.6 is 0 Å². The topological polar surface area (TPSA) is 40.5 Å². The Labute approximate surface area is 109 Å². The number of hydrogen-bond donors (Lipinski definition) is 1. The minimum atomic E-state index is -0.817. The Hall–Kier alpha value is -1.61. The molecular weight excluding hydrogens is 226 g/mol. The number of carboxylic acids is 1. The van der Waals surface area contributed by atoms with E-state index in [1.54, 1.807) is 19.0 Å². The summed E-state index contributed by atoms with van der Waals surface area (Å²) in [5, 5.41) is 9.41. The van der Waals surface area contributed by atoms with Crippen molar-refractivity contribution < 1.29 is 9.90 Å². The predicted molar refractivity (Wildman–Crippen MR) is 74.6 cm³/mol. The average Bonchev–Trinajstić information content (AvgIpc) is 2.28. The molecule has 0 aliphatic rings. The molecule has 18 heavy (non-hydrogen) atoms. The highest BCUT2D eigenvalue weighted by Crippen LogP contribution is 2.25. The minimum Gasteiger partial charge on any atom is -0.480 e. The lowest BCUT2D eigenvalue weighted by Gasteiger charge is -2.24. The quantitative estimate of drug-likeness (QED) is 0.869. The van der Waals surface area contributed by atoms with E-state index in [0.717, 1.165) is 23.1 Å². The van der Waals surface area contributed by atoms with Gasteiger partial charge >= 0.3 is 5.97 Å². The lowest BCUT2D eigenvalue weighted by molar-refractivity contribution is -0.140. The molecule has 1 aromatic carbocycles. The van der Waals surface area contributed by atoms with Gasteiger partial charge in [-0.25, -0.2) is 0 Å². The van der Waals surface area contributed by atoms with Gasteiger partial charge in [-0.2, -0.15) is 0 Å². The molecule has 0 aliphatic heterocycles. The number of carboxylic acid groups (broad SMARTS) is 1. The van der Waals surface area contributed by atoms with E-state index in [1.165, 1.54) is 0 Å². The van der Waals surface area contributed by atoms with E-state index in [1.807, 2.05) is 44.2 Å². The van der Waals surface area contributed by atoms with Gasteiger partial charge in [0.25, 0.3) is 0 Å². The van der Waals surface area contributed by atoms with Gasteiger partial charge in [-0.05, 0) is 44.1 Å². The molecule has 98 valence electrons. The Balaban J connectivity index is 3.30. The average molecular weight is 247 g/mol. The van der Waals surface area contributed by atoms with Crippen LogP contribution in [0.5, 0.6) is 0 Å². The van der Waals surface area contributed by atoms with Crippen LogP contribution in [0.25, 0.3) is 5.57 Å². The van der Waals surface area contributed by atoms with E-state index in [0.29, 0.717) is 0 Å². The first-order chi connectivity index (χ1) is 8.49. The lowest BCUT2D eigenvalue weighted by Crippen LogP contribution is -2.36. The zero-order valence-electron chi connectivity index (χ0n) is 11.5. The molecule has 3 nitrogen and oxygen atoms in total. The highest BCUT2D eigenvalue weighted by atomic mass is 16.4. The van der Waals surface area contributed by atoms with Gasteiger partial charge in [0.1, 0.15) is 6.04 Å². The van der Waals surface area contributed by atoms with Gasteiger partial charge in [0, 0.05) is 0 Å². The van der Waals surface area contributed by atoms with Crippen LogP contribution in [0, 0.1) is 6.92 Å². The molecule has 0 saturated heterocycles. The summed E-state index contributed by atoms with van der Waals surface area (Å²) in [5.41, 5.74) is 2.99. The number of carbonyl (C=O) groups is 1. The number of aliphatic carboxylic acids is 1. The first-order valence-corrected chi connectivity index (χ1v) is 6.14. The molecule has 1 aromatic rings. The first kappa shape index (κ1) is 14.5. The minimum absolute atomic E-state index is 0.606. The van der Waals surface area contributed by atoms with Crippen molar-refractivity contribution >= 4 is 11.5 Å². The maximum atomic E-state index is 11.5. The number of nitrogens with zero attached hydrogens (tertiary/aromatic N) is 1. The fourth-order valence-corrected chi connectivity index (χ4v) is 2.12. The van der Waals surface area contributed by atoms with Gasteiger partial charge in [-0.1, -0.05) is 37.3 Å². The van der Waals surface area contributed by atoms with Gasteiger partial charge in [-0.3, -0.25) is 9.69 Å². The van der Waals surface area contributed by atoms with Gasteiger partial charge in [0.2, 0.25) is 0 Å². The summed E-state index contributed by atoms with van der Waals surface area (Å²) in [6.07, 6.45) is 2.82. The van der Waals surface area contributed by atoms with Gasteiger partial charge in [-0.15, -0.1) is 0 Å². The third-order valence-corrected chi connectivity index (χ3v) is 2.93. The molecule has 0 aliphatic carbocycles. The molecule has 0 saturated carbocycles. The Kier molecular flexibility index (Phi) is 5.10. The largest absolute Gasteiger partial charge is 0.480 e. The Bertz CT molecular complexity index is 450. The summed E-state index contributed by atoms with van der Waals surface area (Å²) in [6, 6.07) is 7.30. The van der Waals surface area contributed by atoms with E-state index in [2.05, 4.69) is 0 Å². The van der Waals surface area contributed by atoms with Crippen LogP contribution in [0.1, 0.15) is 24.5 Å². The second-order valence-corrected chi connectivity index (χ2v) is 4.59. The molecule has 0 spiro atoms. The molecular formula is C15H21NO2. The number of hydrogen-bond acceptors (Lipinski definition) is 2. The van der Waals surface area contributed by atoms with Crippen LogP contribution in [0.4, 0.5) is 0 Å². The van der Waals surface area contributed by atoms with Crippen molar-refractivity contribution in [1.29, 1.82) is 0 Å². The highest BCUT2D eigenvalue weighted by molar-refractivity contribution is 5.91. The number of rotatable bonds is 5. The van der Waals surface area contributed by atoms with Crippen molar-refractivity contribution in [3.63, 3.8) is 0 Å². The number of aryl methyl sites for hydroxylation is 1. The maximum Gasteiger partial charge on any atom is 0.325 e. The normalized spacial score (nSPS) is 13.7.